The number of hydrogen-bond donors (Lipinski definition) is 2. The molecule has 2 N–H and O–H groups in total. The molecule has 1 heterocycles. The molecule has 1 amide bonds. The minimum atomic E-state index is -5.20. The van der Waals surface area contributed by atoms with Gasteiger partial charge in [0, 0.05) is 29.1 Å². The zero-order chi connectivity index (χ0) is 30.8. The fourth-order valence-corrected chi connectivity index (χ4v) is 4.92. The summed E-state index contributed by atoms with van der Waals surface area (Å²) in [4.78, 5) is 29.2. The van der Waals surface area contributed by atoms with Crippen LogP contribution >= 0.6 is 11.6 Å². The Morgan fingerprint density at radius 2 is 1.69 bits per heavy atom. The van der Waals surface area contributed by atoms with E-state index in [-0.39, 0.29) is 23.8 Å². The lowest BCUT2D eigenvalue weighted by Crippen LogP contribution is -2.34. The third-order valence-corrected chi connectivity index (χ3v) is 6.92. The van der Waals surface area contributed by atoms with E-state index in [1.165, 1.54) is 6.07 Å². The molecule has 226 valence electrons. The quantitative estimate of drug-likeness (QED) is 0.284. The van der Waals surface area contributed by atoms with E-state index >= 15 is 4.39 Å². The fourth-order valence-electron chi connectivity index (χ4n) is 4.67. The summed E-state index contributed by atoms with van der Waals surface area (Å²) in [5.74, 6) is -4.37. The lowest BCUT2D eigenvalue weighted by Gasteiger charge is -2.28. The maximum absolute atomic E-state index is 15.4. The van der Waals surface area contributed by atoms with Gasteiger partial charge in [-0.05, 0) is 55.5 Å². The molecule has 0 bridgehead atoms. The van der Waals surface area contributed by atoms with Gasteiger partial charge in [-0.15, -0.1) is 0 Å². The van der Waals surface area contributed by atoms with Gasteiger partial charge in [0.25, 0.3) is 5.56 Å². The molecule has 0 aliphatic heterocycles. The number of amides is 1. The number of nitrogens with one attached hydrogen (secondary N) is 2. The first-order valence-corrected chi connectivity index (χ1v) is 12.9. The molecule has 1 aromatic heterocycles. The molecule has 15 heteroatoms. The van der Waals surface area contributed by atoms with Gasteiger partial charge >= 0.3 is 12.4 Å². The summed E-state index contributed by atoms with van der Waals surface area (Å²) in [7, 11) is 0. The molecule has 0 unspecified atom stereocenters. The van der Waals surface area contributed by atoms with Crippen molar-refractivity contribution in [3.05, 3.63) is 85.8 Å². The predicted molar refractivity (Wildman–Crippen MR) is 134 cm³/mol. The van der Waals surface area contributed by atoms with Crippen LogP contribution in [0.2, 0.25) is 5.02 Å². The number of rotatable bonds is 7. The zero-order valence-electron chi connectivity index (χ0n) is 21.4. The van der Waals surface area contributed by atoms with Crippen molar-refractivity contribution in [2.75, 3.05) is 0 Å². The predicted octanol–water partition coefficient (Wildman–Crippen LogP) is 6.80. The van der Waals surface area contributed by atoms with Crippen molar-refractivity contribution in [1.29, 1.82) is 0 Å². The van der Waals surface area contributed by atoms with Crippen molar-refractivity contribution >= 4 is 17.5 Å². The Morgan fingerprint density at radius 1 is 1.00 bits per heavy atom. The molecular weight excluding hydrogens is 602 g/mol. The lowest BCUT2D eigenvalue weighted by molar-refractivity contribution is -0.141. The summed E-state index contributed by atoms with van der Waals surface area (Å²) in [6, 6.07) is 5.24. The van der Waals surface area contributed by atoms with Gasteiger partial charge in [0.2, 0.25) is 5.91 Å². The van der Waals surface area contributed by atoms with Gasteiger partial charge in [-0.3, -0.25) is 9.59 Å². The smallest absolute Gasteiger partial charge is 0.374 e. The normalized spacial score (nSPS) is 17.7. The molecule has 0 atom stereocenters. The van der Waals surface area contributed by atoms with Crippen LogP contribution in [0.25, 0.3) is 11.4 Å². The van der Waals surface area contributed by atoms with Crippen LogP contribution in [-0.4, -0.2) is 22.0 Å². The van der Waals surface area contributed by atoms with Crippen LogP contribution in [0.1, 0.15) is 48.1 Å². The van der Waals surface area contributed by atoms with Gasteiger partial charge in [0.05, 0.1) is 23.8 Å². The van der Waals surface area contributed by atoms with Crippen LogP contribution in [-0.2, 0) is 35.0 Å². The SMILES string of the molecule is O=C(NCc1ccc(C(F)(F)F)c(-c2nc(C(F)(F)F)cc(=O)[nH]2)c1F)C1CCC(OCc2cc(F)cc(Cl)c2)CC1. The number of nitrogens with zero attached hydrogens (tertiary/aromatic N) is 1. The zero-order valence-corrected chi connectivity index (χ0v) is 22.2. The maximum Gasteiger partial charge on any atom is 0.433 e. The Hall–Kier alpha value is -3.52. The van der Waals surface area contributed by atoms with E-state index < -0.39 is 76.1 Å². The topological polar surface area (TPSA) is 84.1 Å². The minimum absolute atomic E-state index is 0.0373. The van der Waals surface area contributed by atoms with Crippen LogP contribution in [0.15, 0.2) is 41.2 Å². The van der Waals surface area contributed by atoms with Crippen LogP contribution in [0.4, 0.5) is 35.1 Å². The summed E-state index contributed by atoms with van der Waals surface area (Å²) in [6.07, 6.45) is -8.86. The molecule has 1 fully saturated rings. The Balaban J connectivity index is 1.44. The van der Waals surface area contributed by atoms with E-state index in [0.29, 0.717) is 37.3 Å². The third kappa shape index (κ3) is 7.65. The molecule has 6 nitrogen and oxygen atoms in total. The molecule has 3 aromatic rings. The second kappa shape index (κ2) is 12.4. The average Bonchev–Trinajstić information content (AvgIpc) is 2.89. The number of carbonyl (C=O) groups is 1. The summed E-state index contributed by atoms with van der Waals surface area (Å²) in [5.41, 5.74) is -6.19. The van der Waals surface area contributed by atoms with Crippen molar-refractivity contribution in [2.24, 2.45) is 5.92 Å². The van der Waals surface area contributed by atoms with Crippen molar-refractivity contribution in [1.82, 2.24) is 15.3 Å². The van der Waals surface area contributed by atoms with E-state index in [1.807, 2.05) is 0 Å². The van der Waals surface area contributed by atoms with Gasteiger partial charge in [-0.25, -0.2) is 13.8 Å². The number of hydrogen-bond acceptors (Lipinski definition) is 4. The second-order valence-corrected chi connectivity index (χ2v) is 10.2. The first kappa shape index (κ1) is 31.4. The van der Waals surface area contributed by atoms with Gasteiger partial charge in [0.1, 0.15) is 17.5 Å². The minimum Gasteiger partial charge on any atom is -0.374 e. The van der Waals surface area contributed by atoms with E-state index in [9.17, 15) is 40.3 Å². The first-order chi connectivity index (χ1) is 19.6. The van der Waals surface area contributed by atoms with E-state index in [1.54, 1.807) is 11.1 Å². The second-order valence-electron chi connectivity index (χ2n) is 9.72. The molecule has 2 aromatic carbocycles. The van der Waals surface area contributed by atoms with Gasteiger partial charge in [0.15, 0.2) is 5.69 Å². The molecular formula is C27H22ClF8N3O3. The molecule has 42 heavy (non-hydrogen) atoms. The monoisotopic (exact) mass is 623 g/mol. The van der Waals surface area contributed by atoms with E-state index in [2.05, 4.69) is 10.3 Å². The molecule has 1 aliphatic carbocycles. The number of halogens is 9. The first-order valence-electron chi connectivity index (χ1n) is 12.5. The van der Waals surface area contributed by atoms with Crippen molar-refractivity contribution in [3.63, 3.8) is 0 Å². The summed E-state index contributed by atoms with van der Waals surface area (Å²) in [5, 5.41) is 2.68. The number of benzene rings is 2. The highest BCUT2D eigenvalue weighted by atomic mass is 35.5. The van der Waals surface area contributed by atoms with Crippen molar-refractivity contribution in [2.45, 2.75) is 57.3 Å². The maximum atomic E-state index is 15.4. The number of aromatic amines is 1. The average molecular weight is 624 g/mol. The van der Waals surface area contributed by atoms with Crippen LogP contribution in [0.5, 0.6) is 0 Å². The largest absolute Gasteiger partial charge is 0.433 e. The standard InChI is InChI=1S/C27H22ClF8N3O3/c28-16-7-13(8-17(29)9-16)12-42-18-4-1-14(2-5-18)25(41)37-11-15-3-6-19(26(31,32)33)22(23(15)30)24-38-20(27(34,35)36)10-21(40)39-24/h3,6-10,14,18H,1-2,4-5,11-12H2,(H,37,41)(H,38,39,40). The molecule has 0 radical (unpaired) electrons. The number of H-pyrrole nitrogens is 1. The summed E-state index contributed by atoms with van der Waals surface area (Å²) < 4.78 is 115. The van der Waals surface area contributed by atoms with Crippen LogP contribution in [0.3, 0.4) is 0 Å². The third-order valence-electron chi connectivity index (χ3n) is 6.70. The fraction of sp³-hybridized carbons (Fsp3) is 0.370. The highest BCUT2D eigenvalue weighted by Crippen LogP contribution is 2.39. The van der Waals surface area contributed by atoms with Gasteiger partial charge < -0.3 is 15.0 Å². The van der Waals surface area contributed by atoms with Crippen LogP contribution in [0, 0.1) is 17.6 Å². The number of aromatic nitrogens is 2. The molecule has 0 saturated heterocycles. The molecule has 0 spiro atoms. The number of carbonyl (C=O) groups excluding carboxylic acids is 1. The van der Waals surface area contributed by atoms with E-state index in [0.717, 1.165) is 12.1 Å². The molecule has 1 aliphatic rings. The highest BCUT2D eigenvalue weighted by Gasteiger charge is 2.39. The molecule has 1 saturated carbocycles. The van der Waals surface area contributed by atoms with Crippen LogP contribution < -0.4 is 10.9 Å². The van der Waals surface area contributed by atoms with E-state index in [4.69, 9.17) is 16.3 Å². The van der Waals surface area contributed by atoms with Gasteiger partial charge in [-0.1, -0.05) is 17.7 Å². The van der Waals surface area contributed by atoms with Crippen molar-refractivity contribution in [3.8, 4) is 11.4 Å². The molecule has 4 rings (SSSR count). The number of alkyl halides is 6. The number of ether oxygens (including phenoxy) is 1. The Labute approximate surface area is 238 Å². The van der Waals surface area contributed by atoms with Gasteiger partial charge in [-0.2, -0.15) is 26.3 Å². The van der Waals surface area contributed by atoms with Crippen molar-refractivity contribution < 1.29 is 44.7 Å². The summed E-state index contributed by atoms with van der Waals surface area (Å²) in [6.45, 7) is -0.462. The Bertz CT molecular complexity index is 1500. The summed E-state index contributed by atoms with van der Waals surface area (Å²) >= 11 is 5.83. The highest BCUT2D eigenvalue weighted by molar-refractivity contribution is 6.30. The Morgan fingerprint density at radius 3 is 2.31 bits per heavy atom. The lowest BCUT2D eigenvalue weighted by atomic mass is 9.86. The Kier molecular flexibility index (Phi) is 9.26.